The molecule has 0 radical (unpaired) electrons. The highest BCUT2D eigenvalue weighted by Gasteiger charge is 2.52. The predicted octanol–water partition coefficient (Wildman–Crippen LogP) is -8.43. The van der Waals surface area contributed by atoms with E-state index in [1.54, 1.807) is 13.8 Å². The Labute approximate surface area is 665 Å². The Kier molecular flexibility index (Phi) is 40.5. The van der Waals surface area contributed by atoms with Crippen molar-refractivity contribution in [2.45, 2.75) is 176 Å². The third kappa shape index (κ3) is 46.5. The van der Waals surface area contributed by atoms with Gasteiger partial charge in [0.1, 0.15) is 86.1 Å². The summed E-state index contributed by atoms with van der Waals surface area (Å²) in [6.45, 7) is -6.04. The first kappa shape index (κ1) is 105. The highest BCUT2D eigenvalue weighted by atomic mass is 32.3. The van der Waals surface area contributed by atoms with E-state index in [0.717, 1.165) is 0 Å². The zero-order valence-corrected chi connectivity index (χ0v) is 67.8. The summed E-state index contributed by atoms with van der Waals surface area (Å²) in [4.78, 5) is 75.5. The Morgan fingerprint density at radius 1 is 0.316 bits per heavy atom. The largest absolute Gasteiger partial charge is 0.397 e. The van der Waals surface area contributed by atoms with Crippen LogP contribution in [0.2, 0.25) is 0 Å². The van der Waals surface area contributed by atoms with Gasteiger partial charge in [0.2, 0.25) is 23.6 Å². The van der Waals surface area contributed by atoms with Crippen molar-refractivity contribution in [3.05, 3.63) is 0 Å². The number of rotatable bonds is 54. The van der Waals surface area contributed by atoms with E-state index >= 15 is 0 Å². The maximum Gasteiger partial charge on any atom is 0.397 e. The lowest BCUT2D eigenvalue weighted by Gasteiger charge is -2.44. The second-order valence-electron chi connectivity index (χ2n) is 24.9. The molecule has 0 bridgehead atoms. The van der Waals surface area contributed by atoms with E-state index in [4.69, 9.17) is 56.5 Å². The molecule has 4 fully saturated rings. The van der Waals surface area contributed by atoms with E-state index < -0.39 is 335 Å². The number of nitrogens with one attached hydrogen (secondary N) is 4. The zero-order chi connectivity index (χ0) is 88.7. The minimum Gasteiger partial charge on any atom is -0.380 e. The second-order valence-corrected chi connectivity index (χ2v) is 35.6. The van der Waals surface area contributed by atoms with Crippen LogP contribution in [0.3, 0.4) is 0 Å². The third-order valence-corrected chi connectivity index (χ3v) is 19.5. The molecule has 14 N–H and O–H groups in total. The molecule has 0 aromatic heterocycles. The zero-order valence-electron chi connectivity index (χ0n) is 59.6. The van der Waals surface area contributed by atoms with Gasteiger partial charge in [-0.3, -0.25) is 74.3 Å². The molecule has 4 heterocycles. The molecule has 16 atom stereocenters. The minimum absolute atomic E-state index is 0.00609. The first-order valence-corrected chi connectivity index (χ1v) is 45.8. The SMILES string of the molecule is CC(C)(COCCC(=O)CCC(=O)NCC(=O)NCOC1OC(COS(=O)(=O)O)C(OC2OC(COS(=O)(=O)O)C(OS(=O)(=O)O)CC2OS(=O)(=O)O)CC1OS(=O)(=O)O)COCCC(=O)CCC(=O)NCC(=O)NCOC1OC(COS(=O)(=O)O)C(OC2OC(COS(=O)(=O)O)C(OS(=O)(=O)O)CC2OS(=O)(=O)O)CC1OS(=O)(=O)O. The summed E-state index contributed by atoms with van der Waals surface area (Å²) in [5.41, 5.74) is -0.718. The molecule has 0 saturated carbocycles. The Morgan fingerprint density at radius 3 is 0.838 bits per heavy atom. The Balaban J connectivity index is 1.18. The topological polar surface area (TPSA) is 879 Å². The van der Waals surface area contributed by atoms with Gasteiger partial charge in [0, 0.05) is 69.6 Å². The lowest BCUT2D eigenvalue weighted by atomic mass is 9.96. The molecule has 4 saturated heterocycles. The quantitative estimate of drug-likeness (QED) is 0.0153. The molecule has 0 aromatic carbocycles. The van der Waals surface area contributed by atoms with Crippen LogP contribution in [0.4, 0.5) is 0 Å². The van der Waals surface area contributed by atoms with Gasteiger partial charge in [-0.25, -0.2) is 41.8 Å². The summed E-state index contributed by atoms with van der Waals surface area (Å²) < 4.78 is 425. The van der Waals surface area contributed by atoms with Gasteiger partial charge >= 0.3 is 104 Å². The molecular formula is C47H80N4O56S10. The van der Waals surface area contributed by atoms with Crippen LogP contribution in [-0.4, -0.2) is 343 Å². The monoisotopic (exact) mass is 1920 g/mol. The first-order chi connectivity index (χ1) is 53.3. The van der Waals surface area contributed by atoms with Gasteiger partial charge in [-0.05, 0) is 0 Å². The van der Waals surface area contributed by atoms with Crippen molar-refractivity contribution in [1.82, 2.24) is 21.3 Å². The summed E-state index contributed by atoms with van der Waals surface area (Å²) >= 11 is 0. The molecule has 0 spiro atoms. The van der Waals surface area contributed by atoms with Crippen molar-refractivity contribution in [1.29, 1.82) is 0 Å². The van der Waals surface area contributed by atoms with Crippen LogP contribution in [0.15, 0.2) is 0 Å². The fourth-order valence-corrected chi connectivity index (χ4v) is 14.3. The van der Waals surface area contributed by atoms with Crippen LogP contribution in [-0.2, 0) is 222 Å². The van der Waals surface area contributed by atoms with Gasteiger partial charge in [0.05, 0.1) is 78.2 Å². The molecule has 4 rings (SSSR count). The molecule has 0 aromatic rings. The van der Waals surface area contributed by atoms with E-state index in [-0.39, 0.29) is 52.1 Å². The number of Topliss-reactive ketones (excluding diaryl/α,β-unsaturated/α-hetero) is 2. The van der Waals surface area contributed by atoms with Crippen LogP contribution in [0.1, 0.15) is 78.1 Å². The van der Waals surface area contributed by atoms with Crippen molar-refractivity contribution in [3.63, 3.8) is 0 Å². The summed E-state index contributed by atoms with van der Waals surface area (Å²) in [6, 6.07) is 0. The maximum absolute atomic E-state index is 12.7. The van der Waals surface area contributed by atoms with Crippen LogP contribution in [0, 0.1) is 5.41 Å². The van der Waals surface area contributed by atoms with Crippen molar-refractivity contribution in [2.75, 3.05) is 79.4 Å². The smallest absolute Gasteiger partial charge is 0.380 e. The summed E-state index contributed by atoms with van der Waals surface area (Å²) in [7, 11) is -55.0. The number of ketones is 2. The molecule has 4 amide bonds. The highest BCUT2D eigenvalue weighted by molar-refractivity contribution is 7.83. The Bertz CT molecular complexity index is 4270. The van der Waals surface area contributed by atoms with E-state index in [2.05, 4.69) is 63.1 Å². The molecule has 684 valence electrons. The molecular weight excluding hydrogens is 1840 g/mol. The van der Waals surface area contributed by atoms with Gasteiger partial charge in [0.15, 0.2) is 25.2 Å². The van der Waals surface area contributed by atoms with Crippen molar-refractivity contribution >= 4 is 139 Å². The number of hydrogen-bond acceptors (Lipinski definition) is 46. The average Bonchev–Trinajstić information content (AvgIpc) is 0.791. The third-order valence-electron chi connectivity index (χ3n) is 14.8. The van der Waals surface area contributed by atoms with E-state index in [1.165, 1.54) is 0 Å². The molecule has 16 unspecified atom stereocenters. The molecule has 70 heteroatoms. The van der Waals surface area contributed by atoms with Gasteiger partial charge in [-0.2, -0.15) is 84.2 Å². The number of amides is 4. The van der Waals surface area contributed by atoms with Crippen molar-refractivity contribution in [3.8, 4) is 0 Å². The summed E-state index contributed by atoms with van der Waals surface area (Å²) in [5.74, 6) is -4.69. The van der Waals surface area contributed by atoms with E-state index in [9.17, 15) is 149 Å². The van der Waals surface area contributed by atoms with Crippen molar-refractivity contribution < 1.29 is 248 Å². The summed E-state index contributed by atoms with van der Waals surface area (Å²) in [5, 5.41) is 8.54. The van der Waals surface area contributed by atoms with Crippen LogP contribution < -0.4 is 21.3 Å². The first-order valence-electron chi connectivity index (χ1n) is 32.2. The summed E-state index contributed by atoms with van der Waals surface area (Å²) in [6.07, 6.45) is -41.4. The normalized spacial score (nSPS) is 26.4. The lowest BCUT2D eigenvalue weighted by molar-refractivity contribution is -0.321. The van der Waals surface area contributed by atoms with Crippen LogP contribution in [0.5, 0.6) is 0 Å². The van der Waals surface area contributed by atoms with E-state index in [1.807, 2.05) is 0 Å². The predicted molar refractivity (Wildman–Crippen MR) is 359 cm³/mol. The number of carbonyl (C=O) groups is 6. The fraction of sp³-hybridized carbons (Fsp3) is 0.872. The van der Waals surface area contributed by atoms with Gasteiger partial charge in [-0.15, -0.1) is 0 Å². The molecule has 4 aliphatic heterocycles. The number of hydrogen-bond donors (Lipinski definition) is 14. The maximum atomic E-state index is 12.7. The lowest BCUT2D eigenvalue weighted by Crippen LogP contribution is -2.58. The molecule has 4 aliphatic rings. The second kappa shape index (κ2) is 45.2. The molecule has 0 aliphatic carbocycles. The standard InChI is InChI=1S/C47H80N4O56S10/c1-47(2,21-88-9-7-25(52)3-5-39(54)48-15-41(56)50-23-90-43-31(104-114(76,77)78)11-27(35(98-43)17-92-108(58,59)60)96-45-33(106-116(82,83)84)13-29(102-112(70,71)72)37(100-45)19-94-110(64,65)66)22-89-10-8-26(53)4-6-40(55)49-16-42(57)51-24-91-44-32(105-115(79,80)81)12-28(36(99-44)18-93-109(61,62)63)97-46-34(107-117(85,86)87)14-30(103-113(73,74)75)38(101-46)20-95-111(67,68)69/h27-38,43-46H,3-24H2,1-2H3,(H,48,54)(H,49,55)(H,50,56)(H,51,57)(H,58,59,60)(H,61,62,63)(H,64,65,66)(H,67,68,69)(H,70,71,72)(H,73,74,75)(H,76,77,78)(H,79,80,81)(H,82,83,84)(H,85,86,87). The minimum atomic E-state index is -5.62. The van der Waals surface area contributed by atoms with E-state index in [0.29, 0.717) is 0 Å². The van der Waals surface area contributed by atoms with Crippen molar-refractivity contribution in [2.24, 2.45) is 5.41 Å². The van der Waals surface area contributed by atoms with Crippen LogP contribution in [0.25, 0.3) is 0 Å². The Hall–Kier alpha value is -4.48. The van der Waals surface area contributed by atoms with Gasteiger partial charge < -0.3 is 68.6 Å². The van der Waals surface area contributed by atoms with Gasteiger partial charge in [-0.1, -0.05) is 13.8 Å². The Morgan fingerprint density at radius 2 is 0.564 bits per heavy atom. The molecule has 60 nitrogen and oxygen atoms in total. The van der Waals surface area contributed by atoms with Gasteiger partial charge in [0.25, 0.3) is 0 Å². The molecule has 117 heavy (non-hydrogen) atoms. The van der Waals surface area contributed by atoms with Crippen LogP contribution >= 0.6 is 0 Å². The average molecular weight is 1920 g/mol. The highest BCUT2D eigenvalue weighted by Crippen LogP contribution is 2.37. The fourth-order valence-electron chi connectivity index (χ4n) is 10.1. The number of carbonyl (C=O) groups excluding carboxylic acids is 6. The number of ether oxygens (including phenoxy) is 10.